The van der Waals surface area contributed by atoms with Gasteiger partial charge in [-0.2, -0.15) is 0 Å². The van der Waals surface area contributed by atoms with E-state index in [4.69, 9.17) is 4.74 Å². The van der Waals surface area contributed by atoms with E-state index in [1.165, 1.54) is 19.3 Å². The van der Waals surface area contributed by atoms with E-state index in [1.54, 1.807) is 7.11 Å². The van der Waals surface area contributed by atoms with E-state index >= 15 is 0 Å². The molecule has 0 amide bonds. The van der Waals surface area contributed by atoms with Gasteiger partial charge in [-0.15, -0.1) is 0 Å². The second-order valence-electron chi connectivity index (χ2n) is 5.32. The van der Waals surface area contributed by atoms with Crippen LogP contribution in [0.15, 0.2) is 18.2 Å². The standard InChI is InChI=1S/C16H25NO2/c1-4-13-8-5-6-11-17(13)14-9-7-10-15(19-3)16(14)12(2)18/h7,9-10,12-13,18H,4-6,8,11H2,1-3H3/t12-,13?/m1/s1. The van der Waals surface area contributed by atoms with E-state index in [2.05, 4.69) is 17.9 Å². The average Bonchev–Trinajstić information content (AvgIpc) is 2.46. The molecule has 19 heavy (non-hydrogen) atoms. The number of aliphatic hydroxyl groups excluding tert-OH is 1. The molecule has 0 radical (unpaired) electrons. The highest BCUT2D eigenvalue weighted by Gasteiger charge is 2.25. The summed E-state index contributed by atoms with van der Waals surface area (Å²) < 4.78 is 5.42. The van der Waals surface area contributed by atoms with Gasteiger partial charge in [-0.1, -0.05) is 13.0 Å². The van der Waals surface area contributed by atoms with Crippen LogP contribution in [0.2, 0.25) is 0 Å². The summed E-state index contributed by atoms with van der Waals surface area (Å²) in [7, 11) is 1.67. The molecule has 1 aromatic rings. The predicted molar refractivity (Wildman–Crippen MR) is 78.9 cm³/mol. The number of anilines is 1. The quantitative estimate of drug-likeness (QED) is 0.902. The van der Waals surface area contributed by atoms with E-state index in [0.29, 0.717) is 6.04 Å². The Kier molecular flexibility index (Phi) is 4.70. The number of nitrogens with zero attached hydrogens (tertiary/aromatic N) is 1. The summed E-state index contributed by atoms with van der Waals surface area (Å²) in [5.41, 5.74) is 2.06. The van der Waals surface area contributed by atoms with Crippen molar-refractivity contribution in [2.24, 2.45) is 0 Å². The third kappa shape index (κ3) is 2.86. The van der Waals surface area contributed by atoms with Crippen LogP contribution >= 0.6 is 0 Å². The van der Waals surface area contributed by atoms with Gasteiger partial charge in [0.25, 0.3) is 0 Å². The Hall–Kier alpha value is -1.22. The summed E-state index contributed by atoms with van der Waals surface area (Å²) in [6.45, 7) is 5.13. The lowest BCUT2D eigenvalue weighted by Crippen LogP contribution is -2.39. The Bertz CT molecular complexity index is 417. The van der Waals surface area contributed by atoms with Crippen molar-refractivity contribution >= 4 is 5.69 Å². The maximum Gasteiger partial charge on any atom is 0.126 e. The van der Waals surface area contributed by atoms with Gasteiger partial charge in [-0.25, -0.2) is 0 Å². The van der Waals surface area contributed by atoms with Crippen LogP contribution in [-0.2, 0) is 0 Å². The van der Waals surface area contributed by atoms with Crippen molar-refractivity contribution in [1.29, 1.82) is 0 Å². The van der Waals surface area contributed by atoms with E-state index in [0.717, 1.165) is 30.0 Å². The first kappa shape index (κ1) is 14.2. The second-order valence-corrected chi connectivity index (χ2v) is 5.32. The minimum atomic E-state index is -0.509. The van der Waals surface area contributed by atoms with E-state index < -0.39 is 6.10 Å². The lowest BCUT2D eigenvalue weighted by atomic mass is 9.96. The van der Waals surface area contributed by atoms with Gasteiger partial charge >= 0.3 is 0 Å². The Morgan fingerprint density at radius 3 is 2.84 bits per heavy atom. The SMILES string of the molecule is CCC1CCCCN1c1cccc(OC)c1[C@@H](C)O. The molecule has 0 bridgehead atoms. The fourth-order valence-corrected chi connectivity index (χ4v) is 3.12. The van der Waals surface area contributed by atoms with Crippen molar-refractivity contribution in [3.63, 3.8) is 0 Å². The number of methoxy groups -OCH3 is 1. The molecule has 1 unspecified atom stereocenters. The molecule has 1 heterocycles. The van der Waals surface area contributed by atoms with Gasteiger partial charge in [0, 0.05) is 23.8 Å². The molecule has 1 aliphatic rings. The minimum absolute atomic E-state index is 0.509. The molecule has 1 fully saturated rings. The van der Waals surface area contributed by atoms with E-state index in [9.17, 15) is 5.11 Å². The monoisotopic (exact) mass is 263 g/mol. The Morgan fingerprint density at radius 2 is 2.21 bits per heavy atom. The highest BCUT2D eigenvalue weighted by Crippen LogP contribution is 2.37. The highest BCUT2D eigenvalue weighted by molar-refractivity contribution is 5.61. The molecule has 106 valence electrons. The molecule has 0 saturated carbocycles. The van der Waals surface area contributed by atoms with Crippen molar-refractivity contribution in [3.05, 3.63) is 23.8 Å². The van der Waals surface area contributed by atoms with Crippen molar-refractivity contribution in [1.82, 2.24) is 0 Å². The summed E-state index contributed by atoms with van der Waals surface area (Å²) in [6.07, 6.45) is 4.42. The molecule has 3 nitrogen and oxygen atoms in total. The lowest BCUT2D eigenvalue weighted by Gasteiger charge is -2.39. The lowest BCUT2D eigenvalue weighted by molar-refractivity contribution is 0.194. The molecule has 0 spiro atoms. The van der Waals surface area contributed by atoms with Crippen LogP contribution in [-0.4, -0.2) is 24.8 Å². The normalized spacial score (nSPS) is 21.3. The molecular weight excluding hydrogens is 238 g/mol. The molecule has 1 aromatic carbocycles. The zero-order valence-corrected chi connectivity index (χ0v) is 12.2. The molecule has 2 rings (SSSR count). The van der Waals surface area contributed by atoms with Gasteiger partial charge in [0.2, 0.25) is 0 Å². The van der Waals surface area contributed by atoms with Crippen molar-refractivity contribution in [2.45, 2.75) is 51.7 Å². The van der Waals surface area contributed by atoms with Crippen molar-refractivity contribution in [2.75, 3.05) is 18.6 Å². The van der Waals surface area contributed by atoms with Gasteiger partial charge in [-0.05, 0) is 44.7 Å². The fourth-order valence-electron chi connectivity index (χ4n) is 3.12. The van der Waals surface area contributed by atoms with Crippen LogP contribution in [0.1, 0.15) is 51.2 Å². The minimum Gasteiger partial charge on any atom is -0.496 e. The molecule has 0 aliphatic carbocycles. The zero-order valence-electron chi connectivity index (χ0n) is 12.2. The summed E-state index contributed by atoms with van der Waals surface area (Å²) in [6, 6.07) is 6.63. The first-order chi connectivity index (χ1) is 9.19. The topological polar surface area (TPSA) is 32.7 Å². The second kappa shape index (κ2) is 6.29. The van der Waals surface area contributed by atoms with Crippen LogP contribution in [0, 0.1) is 0 Å². The number of piperidine rings is 1. The molecule has 1 aliphatic heterocycles. The molecular formula is C16H25NO2. The number of rotatable bonds is 4. The van der Waals surface area contributed by atoms with Crippen molar-refractivity contribution < 1.29 is 9.84 Å². The van der Waals surface area contributed by atoms with Crippen LogP contribution in [0.3, 0.4) is 0 Å². The third-order valence-electron chi connectivity index (χ3n) is 4.09. The molecule has 2 atom stereocenters. The Labute approximate surface area is 116 Å². The number of hydrogen-bond donors (Lipinski definition) is 1. The van der Waals surface area contributed by atoms with Crippen LogP contribution in [0.25, 0.3) is 0 Å². The van der Waals surface area contributed by atoms with E-state index in [1.807, 2.05) is 19.1 Å². The van der Waals surface area contributed by atoms with Gasteiger partial charge < -0.3 is 14.7 Å². The zero-order chi connectivity index (χ0) is 13.8. The summed E-state index contributed by atoms with van der Waals surface area (Å²) >= 11 is 0. The van der Waals surface area contributed by atoms with Crippen molar-refractivity contribution in [3.8, 4) is 5.75 Å². The molecule has 0 aromatic heterocycles. The summed E-state index contributed by atoms with van der Waals surface area (Å²) in [5.74, 6) is 0.785. The molecule has 1 N–H and O–H groups in total. The molecule has 3 heteroatoms. The highest BCUT2D eigenvalue weighted by atomic mass is 16.5. The van der Waals surface area contributed by atoms with Crippen LogP contribution in [0.5, 0.6) is 5.75 Å². The number of hydrogen-bond acceptors (Lipinski definition) is 3. The first-order valence-electron chi connectivity index (χ1n) is 7.30. The predicted octanol–water partition coefficient (Wildman–Crippen LogP) is 3.52. The molecule has 1 saturated heterocycles. The van der Waals surface area contributed by atoms with Gasteiger partial charge in [0.1, 0.15) is 5.75 Å². The summed E-state index contributed by atoms with van der Waals surface area (Å²) in [4.78, 5) is 2.45. The number of benzene rings is 1. The smallest absolute Gasteiger partial charge is 0.126 e. The maximum absolute atomic E-state index is 10.1. The van der Waals surface area contributed by atoms with E-state index in [-0.39, 0.29) is 0 Å². The number of aliphatic hydroxyl groups is 1. The number of ether oxygens (including phenoxy) is 1. The maximum atomic E-state index is 10.1. The largest absolute Gasteiger partial charge is 0.496 e. The first-order valence-corrected chi connectivity index (χ1v) is 7.30. The fraction of sp³-hybridized carbons (Fsp3) is 0.625. The summed E-state index contributed by atoms with van der Waals surface area (Å²) in [5, 5.41) is 10.1. The van der Waals surface area contributed by atoms with Gasteiger partial charge in [0.05, 0.1) is 13.2 Å². The van der Waals surface area contributed by atoms with Gasteiger partial charge in [0.15, 0.2) is 0 Å². The Balaban J connectivity index is 2.42. The van der Waals surface area contributed by atoms with Gasteiger partial charge in [-0.3, -0.25) is 0 Å². The van der Waals surface area contributed by atoms with Crippen LogP contribution < -0.4 is 9.64 Å². The third-order valence-corrected chi connectivity index (χ3v) is 4.09. The Morgan fingerprint density at radius 1 is 1.42 bits per heavy atom. The van der Waals surface area contributed by atoms with Crippen LogP contribution in [0.4, 0.5) is 5.69 Å². The average molecular weight is 263 g/mol.